The molecule has 26 heavy (non-hydrogen) atoms. The Morgan fingerprint density at radius 1 is 1.35 bits per heavy atom. The van der Waals surface area contributed by atoms with E-state index in [1.807, 2.05) is 17.5 Å². The second-order valence-corrected chi connectivity index (χ2v) is 7.22. The molecule has 1 aromatic heterocycles. The molecule has 0 saturated carbocycles. The van der Waals surface area contributed by atoms with E-state index in [0.717, 1.165) is 4.88 Å². The van der Waals surface area contributed by atoms with E-state index in [0.29, 0.717) is 19.7 Å². The fourth-order valence-electron chi connectivity index (χ4n) is 3.09. The number of carbonyl (C=O) groups is 2. The minimum Gasteiger partial charge on any atom is -0.383 e. The number of hydrogen-bond acceptors (Lipinski definition) is 4. The number of methoxy groups -OCH3 is 1. The highest BCUT2D eigenvalue weighted by atomic mass is 32.1. The van der Waals surface area contributed by atoms with Crippen LogP contribution in [0.1, 0.15) is 11.3 Å². The number of anilines is 1. The van der Waals surface area contributed by atoms with Crippen molar-refractivity contribution in [3.63, 3.8) is 0 Å². The summed E-state index contributed by atoms with van der Waals surface area (Å²) in [7, 11) is 1.59. The van der Waals surface area contributed by atoms with Crippen LogP contribution in [0.15, 0.2) is 41.8 Å². The van der Waals surface area contributed by atoms with E-state index < -0.39 is 11.7 Å². The predicted molar refractivity (Wildman–Crippen MR) is 98.5 cm³/mol. The number of halogens is 1. The van der Waals surface area contributed by atoms with Gasteiger partial charge < -0.3 is 14.5 Å². The highest BCUT2D eigenvalue weighted by molar-refractivity contribution is 7.09. The van der Waals surface area contributed by atoms with Crippen LogP contribution in [0.4, 0.5) is 10.1 Å². The summed E-state index contributed by atoms with van der Waals surface area (Å²) in [5, 5.41) is 1.97. The lowest BCUT2D eigenvalue weighted by Crippen LogP contribution is -2.38. The Morgan fingerprint density at radius 2 is 2.15 bits per heavy atom. The van der Waals surface area contributed by atoms with Gasteiger partial charge in [0.1, 0.15) is 5.82 Å². The molecule has 138 valence electrons. The number of rotatable bonds is 7. The fourth-order valence-corrected chi connectivity index (χ4v) is 3.81. The molecule has 5 nitrogen and oxygen atoms in total. The van der Waals surface area contributed by atoms with Crippen molar-refractivity contribution in [3.8, 4) is 0 Å². The van der Waals surface area contributed by atoms with Crippen LogP contribution in [0.25, 0.3) is 0 Å². The molecule has 0 radical (unpaired) electrons. The molecule has 1 aromatic carbocycles. The van der Waals surface area contributed by atoms with E-state index in [9.17, 15) is 14.0 Å². The van der Waals surface area contributed by atoms with E-state index in [2.05, 4.69) is 0 Å². The van der Waals surface area contributed by atoms with Gasteiger partial charge in [-0.05, 0) is 23.6 Å². The number of para-hydroxylation sites is 1. The Kier molecular flexibility index (Phi) is 6.00. The summed E-state index contributed by atoms with van der Waals surface area (Å²) in [5.74, 6) is -1.25. The van der Waals surface area contributed by atoms with Crippen molar-refractivity contribution >= 4 is 28.8 Å². The summed E-state index contributed by atoms with van der Waals surface area (Å²) >= 11 is 1.58. The predicted octanol–water partition coefficient (Wildman–Crippen LogP) is 2.92. The zero-order valence-electron chi connectivity index (χ0n) is 14.6. The average Bonchev–Trinajstić information content (AvgIpc) is 3.28. The van der Waals surface area contributed by atoms with Crippen LogP contribution in [0.3, 0.4) is 0 Å². The Labute approximate surface area is 156 Å². The zero-order valence-corrected chi connectivity index (χ0v) is 15.4. The minimum absolute atomic E-state index is 0.0948. The molecular formula is C19H21FN2O3S. The van der Waals surface area contributed by atoms with Gasteiger partial charge in [-0.15, -0.1) is 11.3 Å². The van der Waals surface area contributed by atoms with E-state index in [1.165, 1.54) is 11.0 Å². The highest BCUT2D eigenvalue weighted by Gasteiger charge is 2.38. The van der Waals surface area contributed by atoms with Gasteiger partial charge in [0.05, 0.1) is 24.8 Å². The molecule has 0 N–H and O–H groups in total. The Balaban J connectivity index is 1.73. The molecule has 2 amide bonds. The number of benzene rings is 1. The Hall–Kier alpha value is -2.25. The first-order chi connectivity index (χ1) is 12.6. The van der Waals surface area contributed by atoms with Crippen LogP contribution in [0.2, 0.25) is 0 Å². The Bertz CT molecular complexity index is 766. The lowest BCUT2D eigenvalue weighted by atomic mass is 10.1. The van der Waals surface area contributed by atoms with Gasteiger partial charge >= 0.3 is 0 Å². The average molecular weight is 376 g/mol. The number of amides is 2. The molecule has 0 spiro atoms. The maximum atomic E-state index is 14.0. The molecule has 2 aromatic rings. The smallest absolute Gasteiger partial charge is 0.228 e. The zero-order chi connectivity index (χ0) is 18.5. The maximum Gasteiger partial charge on any atom is 0.228 e. The van der Waals surface area contributed by atoms with Gasteiger partial charge in [0.15, 0.2) is 0 Å². The fraction of sp³-hybridized carbons (Fsp3) is 0.368. The number of thiophene rings is 1. The largest absolute Gasteiger partial charge is 0.383 e. The third-order valence-corrected chi connectivity index (χ3v) is 5.28. The van der Waals surface area contributed by atoms with Crippen LogP contribution in [0, 0.1) is 11.7 Å². The summed E-state index contributed by atoms with van der Waals surface area (Å²) < 4.78 is 19.1. The van der Waals surface area contributed by atoms with Crippen LogP contribution < -0.4 is 4.90 Å². The van der Waals surface area contributed by atoms with Crippen molar-refractivity contribution in [3.05, 3.63) is 52.5 Å². The van der Waals surface area contributed by atoms with E-state index in [1.54, 1.807) is 41.5 Å². The van der Waals surface area contributed by atoms with Gasteiger partial charge in [-0.25, -0.2) is 4.39 Å². The third kappa shape index (κ3) is 4.11. The van der Waals surface area contributed by atoms with Gasteiger partial charge in [0.25, 0.3) is 0 Å². The van der Waals surface area contributed by atoms with Crippen molar-refractivity contribution < 1.29 is 18.7 Å². The van der Waals surface area contributed by atoms with Crippen molar-refractivity contribution in [1.82, 2.24) is 4.90 Å². The topological polar surface area (TPSA) is 49.9 Å². The van der Waals surface area contributed by atoms with Crippen LogP contribution in [-0.4, -0.2) is 43.5 Å². The lowest BCUT2D eigenvalue weighted by Gasteiger charge is -2.25. The van der Waals surface area contributed by atoms with Gasteiger partial charge in [-0.1, -0.05) is 18.2 Å². The summed E-state index contributed by atoms with van der Waals surface area (Å²) in [6, 6.07) is 10.1. The molecule has 0 bridgehead atoms. The SMILES string of the molecule is COCCN(Cc1cccs1)C(=O)[C@@H]1CC(=O)N(c2ccccc2F)C1. The number of hydrogen-bond donors (Lipinski definition) is 0. The third-order valence-electron chi connectivity index (χ3n) is 4.42. The van der Waals surface area contributed by atoms with Gasteiger partial charge in [0.2, 0.25) is 11.8 Å². The quantitative estimate of drug-likeness (QED) is 0.747. The molecule has 2 heterocycles. The monoisotopic (exact) mass is 376 g/mol. The van der Waals surface area contributed by atoms with Crippen molar-refractivity contribution in [1.29, 1.82) is 0 Å². The van der Waals surface area contributed by atoms with Crippen LogP contribution in [-0.2, 0) is 20.9 Å². The van der Waals surface area contributed by atoms with Crippen molar-refractivity contribution in [2.75, 3.05) is 31.7 Å². The molecule has 1 fully saturated rings. The van der Waals surface area contributed by atoms with Gasteiger partial charge in [0, 0.05) is 31.5 Å². The summed E-state index contributed by atoms with van der Waals surface area (Å²) in [5.41, 5.74) is 0.231. The summed E-state index contributed by atoms with van der Waals surface area (Å²) in [6.45, 7) is 1.57. The van der Waals surface area contributed by atoms with Gasteiger partial charge in [-0.2, -0.15) is 0 Å². The molecule has 0 aliphatic carbocycles. The highest BCUT2D eigenvalue weighted by Crippen LogP contribution is 2.28. The second kappa shape index (κ2) is 8.42. The molecule has 7 heteroatoms. The molecule has 1 aliphatic rings. The minimum atomic E-state index is -0.473. The van der Waals surface area contributed by atoms with E-state index >= 15 is 0 Å². The Morgan fingerprint density at radius 3 is 2.85 bits per heavy atom. The molecular weight excluding hydrogens is 355 g/mol. The summed E-state index contributed by atoms with van der Waals surface area (Å²) in [4.78, 5) is 29.5. The van der Waals surface area contributed by atoms with Crippen LogP contribution >= 0.6 is 11.3 Å². The molecule has 3 rings (SSSR count). The number of carbonyl (C=O) groups excluding carboxylic acids is 2. The first kappa shape index (κ1) is 18.5. The first-order valence-corrected chi connectivity index (χ1v) is 9.33. The van der Waals surface area contributed by atoms with Crippen LogP contribution in [0.5, 0.6) is 0 Å². The van der Waals surface area contributed by atoms with Gasteiger partial charge in [-0.3, -0.25) is 9.59 Å². The second-order valence-electron chi connectivity index (χ2n) is 6.19. The molecule has 0 unspecified atom stereocenters. The first-order valence-electron chi connectivity index (χ1n) is 8.45. The molecule has 1 saturated heterocycles. The van der Waals surface area contributed by atoms with E-state index in [-0.39, 0.29) is 30.5 Å². The maximum absolute atomic E-state index is 14.0. The lowest BCUT2D eigenvalue weighted by molar-refractivity contribution is -0.137. The van der Waals surface area contributed by atoms with Crippen molar-refractivity contribution in [2.45, 2.75) is 13.0 Å². The molecule has 1 aliphatic heterocycles. The normalized spacial score (nSPS) is 16.9. The van der Waals surface area contributed by atoms with E-state index in [4.69, 9.17) is 4.74 Å². The summed E-state index contributed by atoms with van der Waals surface area (Å²) in [6.07, 6.45) is 0.0983. The number of nitrogens with zero attached hydrogens (tertiary/aromatic N) is 2. The molecule has 1 atom stereocenters. The standard InChI is InChI=1S/C19H21FN2O3S/c1-25-9-8-21(13-15-5-4-10-26-15)19(24)14-11-18(23)22(12-14)17-7-3-2-6-16(17)20/h2-7,10,14H,8-9,11-13H2,1H3/t14-/m1/s1. The van der Waals surface area contributed by atoms with Crippen molar-refractivity contribution in [2.24, 2.45) is 5.92 Å². The number of ether oxygens (including phenoxy) is 1.